The Balaban J connectivity index is 2.16. The zero-order valence-electron chi connectivity index (χ0n) is 10.8. The van der Waals surface area contributed by atoms with Crippen molar-refractivity contribution in [3.05, 3.63) is 46.7 Å². The lowest BCUT2D eigenvalue weighted by Gasteiger charge is -2.06. The predicted octanol–water partition coefficient (Wildman–Crippen LogP) is 3.33. The van der Waals surface area contributed by atoms with Gasteiger partial charge in [-0.25, -0.2) is 4.68 Å². The molecular weight excluding hydrogens is 246 g/mol. The van der Waals surface area contributed by atoms with Crippen molar-refractivity contribution >= 4 is 11.6 Å². The highest BCUT2D eigenvalue weighted by atomic mass is 35.5. The van der Waals surface area contributed by atoms with Gasteiger partial charge in [-0.3, -0.25) is 0 Å². The van der Waals surface area contributed by atoms with Crippen molar-refractivity contribution in [2.24, 2.45) is 0 Å². The van der Waals surface area contributed by atoms with Crippen molar-refractivity contribution in [3.63, 3.8) is 0 Å². The summed E-state index contributed by atoms with van der Waals surface area (Å²) in [6, 6.07) is 7.87. The fourth-order valence-corrected chi connectivity index (χ4v) is 1.98. The second kappa shape index (κ2) is 6.03. The summed E-state index contributed by atoms with van der Waals surface area (Å²) in [6.07, 6.45) is 3.11. The monoisotopic (exact) mass is 263 g/mol. The number of aromatic nitrogens is 2. The molecule has 3 nitrogen and oxygen atoms in total. The zero-order valence-corrected chi connectivity index (χ0v) is 11.5. The number of hydrogen-bond acceptors (Lipinski definition) is 2. The molecule has 96 valence electrons. The smallest absolute Gasteiger partial charge is 0.0766 e. The highest BCUT2D eigenvalue weighted by Gasteiger charge is 2.04. The molecule has 1 heterocycles. The maximum Gasteiger partial charge on any atom is 0.0766 e. The molecule has 0 bridgehead atoms. The van der Waals surface area contributed by atoms with Crippen molar-refractivity contribution in [2.75, 3.05) is 6.54 Å². The molecule has 0 unspecified atom stereocenters. The third-order valence-electron chi connectivity index (χ3n) is 2.80. The molecule has 0 saturated heterocycles. The Kier molecular flexibility index (Phi) is 4.39. The summed E-state index contributed by atoms with van der Waals surface area (Å²) in [7, 11) is 0. The van der Waals surface area contributed by atoms with E-state index in [2.05, 4.69) is 24.3 Å². The van der Waals surface area contributed by atoms with Crippen molar-refractivity contribution in [1.29, 1.82) is 0 Å². The molecule has 1 aromatic carbocycles. The minimum absolute atomic E-state index is 0.733. The van der Waals surface area contributed by atoms with Crippen molar-refractivity contribution in [3.8, 4) is 5.69 Å². The Labute approximate surface area is 113 Å². The van der Waals surface area contributed by atoms with Crippen LogP contribution in [0.25, 0.3) is 5.69 Å². The fourth-order valence-electron chi connectivity index (χ4n) is 1.81. The highest BCUT2D eigenvalue weighted by molar-refractivity contribution is 6.30. The molecule has 1 N–H and O–H groups in total. The van der Waals surface area contributed by atoms with Gasteiger partial charge in [0.05, 0.1) is 11.4 Å². The Hall–Kier alpha value is -1.32. The van der Waals surface area contributed by atoms with E-state index < -0.39 is 0 Å². The van der Waals surface area contributed by atoms with Crippen LogP contribution in [0.15, 0.2) is 30.5 Å². The number of halogens is 1. The first-order chi connectivity index (χ1) is 8.70. The van der Waals surface area contributed by atoms with Crippen LogP contribution in [0.3, 0.4) is 0 Å². The van der Waals surface area contributed by atoms with E-state index in [-0.39, 0.29) is 0 Å². The average molecular weight is 264 g/mol. The first kappa shape index (κ1) is 13.1. The summed E-state index contributed by atoms with van der Waals surface area (Å²) in [5.74, 6) is 0. The third-order valence-corrected chi connectivity index (χ3v) is 3.03. The SMILES string of the molecule is CCCNCc1ccn(-c2cc(Cl)ccc2C)n1. The first-order valence-electron chi connectivity index (χ1n) is 6.22. The topological polar surface area (TPSA) is 29.9 Å². The molecule has 0 aliphatic carbocycles. The van der Waals surface area contributed by atoms with Crippen LogP contribution in [-0.2, 0) is 6.54 Å². The van der Waals surface area contributed by atoms with Crippen LogP contribution in [0, 0.1) is 6.92 Å². The van der Waals surface area contributed by atoms with Gasteiger partial charge in [-0.15, -0.1) is 0 Å². The van der Waals surface area contributed by atoms with E-state index >= 15 is 0 Å². The minimum atomic E-state index is 0.733. The van der Waals surface area contributed by atoms with E-state index in [1.54, 1.807) is 0 Å². The summed E-state index contributed by atoms with van der Waals surface area (Å²) >= 11 is 6.02. The fraction of sp³-hybridized carbons (Fsp3) is 0.357. The Bertz CT molecular complexity index is 520. The van der Waals surface area contributed by atoms with Gasteiger partial charge < -0.3 is 5.32 Å². The van der Waals surface area contributed by atoms with Crippen LogP contribution in [0.4, 0.5) is 0 Å². The molecule has 0 atom stereocenters. The van der Waals surface area contributed by atoms with Crippen LogP contribution < -0.4 is 5.32 Å². The van der Waals surface area contributed by atoms with Crippen molar-refractivity contribution < 1.29 is 0 Å². The molecule has 0 aliphatic rings. The van der Waals surface area contributed by atoms with Crippen LogP contribution >= 0.6 is 11.6 Å². The lowest BCUT2D eigenvalue weighted by molar-refractivity contribution is 0.656. The number of nitrogens with one attached hydrogen (secondary N) is 1. The molecule has 0 fully saturated rings. The van der Waals surface area contributed by atoms with Gasteiger partial charge in [0.15, 0.2) is 0 Å². The lowest BCUT2D eigenvalue weighted by atomic mass is 10.2. The molecule has 0 amide bonds. The normalized spacial score (nSPS) is 10.8. The largest absolute Gasteiger partial charge is 0.311 e. The van der Waals surface area contributed by atoms with Gasteiger partial charge in [0, 0.05) is 17.8 Å². The van der Waals surface area contributed by atoms with Gasteiger partial charge in [0.1, 0.15) is 0 Å². The Morgan fingerprint density at radius 3 is 2.94 bits per heavy atom. The van der Waals surface area contributed by atoms with E-state index in [9.17, 15) is 0 Å². The maximum atomic E-state index is 6.02. The van der Waals surface area contributed by atoms with E-state index in [0.717, 1.165) is 41.5 Å². The highest BCUT2D eigenvalue weighted by Crippen LogP contribution is 2.18. The van der Waals surface area contributed by atoms with Gasteiger partial charge in [-0.2, -0.15) is 5.10 Å². The zero-order chi connectivity index (χ0) is 13.0. The standard InChI is InChI=1S/C14H18ClN3/c1-3-7-16-10-13-6-8-18(17-13)14-9-12(15)5-4-11(14)2/h4-6,8-9,16H,3,7,10H2,1-2H3. The Morgan fingerprint density at radius 1 is 1.33 bits per heavy atom. The number of aryl methyl sites for hydroxylation is 1. The number of nitrogens with zero attached hydrogens (tertiary/aromatic N) is 2. The van der Waals surface area contributed by atoms with Gasteiger partial charge in [-0.1, -0.05) is 24.6 Å². The van der Waals surface area contributed by atoms with Crippen LogP contribution in [0.1, 0.15) is 24.6 Å². The summed E-state index contributed by atoms with van der Waals surface area (Å²) in [5.41, 5.74) is 3.24. The minimum Gasteiger partial charge on any atom is -0.311 e. The number of hydrogen-bond donors (Lipinski definition) is 1. The van der Waals surface area contributed by atoms with Gasteiger partial charge in [0.25, 0.3) is 0 Å². The molecule has 0 radical (unpaired) electrons. The maximum absolute atomic E-state index is 6.02. The molecule has 2 aromatic rings. The third kappa shape index (κ3) is 3.12. The van der Waals surface area contributed by atoms with E-state index in [1.165, 1.54) is 0 Å². The predicted molar refractivity (Wildman–Crippen MR) is 75.3 cm³/mol. The first-order valence-corrected chi connectivity index (χ1v) is 6.60. The quantitative estimate of drug-likeness (QED) is 0.839. The summed E-state index contributed by atoms with van der Waals surface area (Å²) < 4.78 is 1.88. The van der Waals surface area contributed by atoms with Gasteiger partial charge in [0.2, 0.25) is 0 Å². The molecule has 18 heavy (non-hydrogen) atoms. The van der Waals surface area contributed by atoms with Crippen LogP contribution in [0.2, 0.25) is 5.02 Å². The number of rotatable bonds is 5. The molecule has 0 spiro atoms. The number of benzene rings is 1. The van der Waals surface area contributed by atoms with Crippen LogP contribution in [-0.4, -0.2) is 16.3 Å². The molecule has 4 heteroatoms. The van der Waals surface area contributed by atoms with Gasteiger partial charge >= 0.3 is 0 Å². The van der Waals surface area contributed by atoms with Gasteiger partial charge in [-0.05, 0) is 43.7 Å². The van der Waals surface area contributed by atoms with E-state index in [0.29, 0.717) is 0 Å². The van der Waals surface area contributed by atoms with Crippen LogP contribution in [0.5, 0.6) is 0 Å². The van der Waals surface area contributed by atoms with E-state index in [4.69, 9.17) is 11.6 Å². The van der Waals surface area contributed by atoms with Crippen molar-refractivity contribution in [2.45, 2.75) is 26.8 Å². The Morgan fingerprint density at radius 2 is 2.17 bits per heavy atom. The molecule has 1 aromatic heterocycles. The molecular formula is C14H18ClN3. The lowest BCUT2D eigenvalue weighted by Crippen LogP contribution is -2.14. The summed E-state index contributed by atoms with van der Waals surface area (Å²) in [5, 5.41) is 8.62. The van der Waals surface area contributed by atoms with E-state index in [1.807, 2.05) is 35.1 Å². The molecule has 0 aliphatic heterocycles. The second-order valence-corrected chi connectivity index (χ2v) is 4.80. The molecule has 2 rings (SSSR count). The average Bonchev–Trinajstić information content (AvgIpc) is 2.81. The second-order valence-electron chi connectivity index (χ2n) is 4.36. The van der Waals surface area contributed by atoms with Crippen molar-refractivity contribution in [1.82, 2.24) is 15.1 Å². The summed E-state index contributed by atoms with van der Waals surface area (Å²) in [6.45, 7) is 6.03. The molecule has 0 saturated carbocycles. The summed E-state index contributed by atoms with van der Waals surface area (Å²) in [4.78, 5) is 0.